The first-order valence-corrected chi connectivity index (χ1v) is 11.4. The van der Waals surface area contributed by atoms with Crippen LogP contribution in [0.4, 0.5) is 13.9 Å². The summed E-state index contributed by atoms with van der Waals surface area (Å²) in [5, 5.41) is 5.34. The first-order chi connectivity index (χ1) is 16.1. The van der Waals surface area contributed by atoms with Crippen molar-refractivity contribution in [2.75, 3.05) is 31.6 Å². The maximum absolute atomic E-state index is 13.0. The number of halogens is 2. The van der Waals surface area contributed by atoms with Crippen LogP contribution in [0.3, 0.4) is 0 Å². The number of aromatic nitrogens is 3. The van der Waals surface area contributed by atoms with Crippen LogP contribution in [0.2, 0.25) is 0 Å². The van der Waals surface area contributed by atoms with E-state index in [0.717, 1.165) is 38.5 Å². The molecule has 0 atom stereocenters. The number of nitrogens with one attached hydrogen (secondary N) is 1. The van der Waals surface area contributed by atoms with Crippen LogP contribution in [0.1, 0.15) is 28.0 Å². The van der Waals surface area contributed by atoms with Crippen molar-refractivity contribution >= 4 is 28.0 Å². The molecule has 1 fully saturated rings. The molecule has 4 heterocycles. The Morgan fingerprint density at radius 3 is 2.70 bits per heavy atom. The molecule has 0 saturated carbocycles. The molecule has 0 spiro atoms. The fraction of sp³-hybridized carbons (Fsp3) is 0.261. The smallest absolute Gasteiger partial charge is 0.263 e. The van der Waals surface area contributed by atoms with E-state index < -0.39 is 6.43 Å². The minimum atomic E-state index is -2.52. The van der Waals surface area contributed by atoms with Gasteiger partial charge >= 0.3 is 0 Å². The van der Waals surface area contributed by atoms with Gasteiger partial charge in [0.15, 0.2) is 5.13 Å². The second-order valence-electron chi connectivity index (χ2n) is 7.69. The van der Waals surface area contributed by atoms with Gasteiger partial charge in [0.05, 0.1) is 30.2 Å². The van der Waals surface area contributed by atoms with Crippen LogP contribution in [0.5, 0.6) is 0 Å². The number of hydrogen-bond acceptors (Lipinski definition) is 6. The lowest BCUT2D eigenvalue weighted by Gasteiger charge is -2.25. The van der Waals surface area contributed by atoms with Crippen LogP contribution in [0, 0.1) is 0 Å². The van der Waals surface area contributed by atoms with E-state index in [-0.39, 0.29) is 11.5 Å². The van der Waals surface area contributed by atoms with Gasteiger partial charge in [-0.25, -0.2) is 18.7 Å². The molecule has 7 nitrogen and oxygen atoms in total. The van der Waals surface area contributed by atoms with Gasteiger partial charge in [-0.15, -0.1) is 11.3 Å². The Morgan fingerprint density at radius 1 is 1.15 bits per heavy atom. The summed E-state index contributed by atoms with van der Waals surface area (Å²) < 4.78 is 32.8. The van der Waals surface area contributed by atoms with Crippen LogP contribution in [0.15, 0.2) is 54.2 Å². The van der Waals surface area contributed by atoms with Crippen LogP contribution in [-0.4, -0.2) is 51.5 Å². The van der Waals surface area contributed by atoms with E-state index in [1.807, 2.05) is 5.38 Å². The second-order valence-corrected chi connectivity index (χ2v) is 8.55. The maximum Gasteiger partial charge on any atom is 0.263 e. The lowest BCUT2D eigenvalue weighted by atomic mass is 10.1. The monoisotopic (exact) mass is 469 g/mol. The molecule has 1 saturated heterocycles. The average molecular weight is 470 g/mol. The summed E-state index contributed by atoms with van der Waals surface area (Å²) in [5.74, 6) is -0.307. The first-order valence-electron chi connectivity index (χ1n) is 10.5. The number of carbonyl (C=O) groups excluding carboxylic acids is 1. The Balaban J connectivity index is 1.33. The van der Waals surface area contributed by atoms with Crippen molar-refractivity contribution < 1.29 is 18.3 Å². The highest BCUT2D eigenvalue weighted by atomic mass is 32.1. The standard InChI is InChI=1S/C23H21F2N5O2S/c24-20(25)16-5-3-15(4-6-16)19-13-30-7-1-2-18(21(30)27-19)22(31)28-23-26-17(14-33-23)12-29-8-10-32-11-9-29/h1-7,13-14,20H,8-12H2,(H,26,28,31). The molecule has 1 N–H and O–H groups in total. The number of morpholine rings is 1. The highest BCUT2D eigenvalue weighted by molar-refractivity contribution is 7.14. The molecule has 0 unspecified atom stereocenters. The van der Waals surface area contributed by atoms with Gasteiger partial charge in [0, 0.05) is 48.5 Å². The summed E-state index contributed by atoms with van der Waals surface area (Å²) in [7, 11) is 0. The zero-order valence-corrected chi connectivity index (χ0v) is 18.4. The molecule has 33 heavy (non-hydrogen) atoms. The number of anilines is 1. The molecule has 170 valence electrons. The van der Waals surface area contributed by atoms with Gasteiger partial charge in [0.25, 0.3) is 12.3 Å². The van der Waals surface area contributed by atoms with Crippen molar-refractivity contribution in [1.82, 2.24) is 19.3 Å². The summed E-state index contributed by atoms with van der Waals surface area (Å²) in [6, 6.07) is 9.44. The van der Waals surface area contributed by atoms with Gasteiger partial charge < -0.3 is 9.14 Å². The number of nitrogens with zero attached hydrogens (tertiary/aromatic N) is 4. The number of imidazole rings is 1. The Bertz CT molecular complexity index is 1270. The van der Waals surface area contributed by atoms with Gasteiger partial charge in [0.2, 0.25) is 0 Å². The molecule has 0 bridgehead atoms. The molecule has 10 heteroatoms. The number of ether oxygens (including phenoxy) is 1. The Morgan fingerprint density at radius 2 is 1.94 bits per heavy atom. The van der Waals surface area contributed by atoms with Crippen molar-refractivity contribution in [3.8, 4) is 11.3 Å². The zero-order chi connectivity index (χ0) is 22.8. The predicted octanol–water partition coefficient (Wildman–Crippen LogP) is 4.48. The van der Waals surface area contributed by atoms with Gasteiger partial charge in [0.1, 0.15) is 5.65 Å². The third kappa shape index (κ3) is 4.77. The lowest BCUT2D eigenvalue weighted by Crippen LogP contribution is -2.35. The number of benzene rings is 1. The maximum atomic E-state index is 13.0. The molecule has 3 aromatic heterocycles. The molecule has 0 radical (unpaired) electrons. The molecule has 5 rings (SSSR count). The van der Waals surface area contributed by atoms with Gasteiger partial charge in [-0.2, -0.15) is 0 Å². The highest BCUT2D eigenvalue weighted by Crippen LogP contribution is 2.25. The molecular formula is C23H21F2N5O2S. The van der Waals surface area contributed by atoms with Crippen LogP contribution < -0.4 is 5.32 Å². The third-order valence-electron chi connectivity index (χ3n) is 5.45. The van der Waals surface area contributed by atoms with Crippen LogP contribution >= 0.6 is 11.3 Å². The predicted molar refractivity (Wildman–Crippen MR) is 122 cm³/mol. The number of pyridine rings is 1. The Hall–Kier alpha value is -3.21. The summed E-state index contributed by atoms with van der Waals surface area (Å²) in [6.45, 7) is 3.91. The van der Waals surface area contributed by atoms with Crippen LogP contribution in [0.25, 0.3) is 16.9 Å². The quantitative estimate of drug-likeness (QED) is 0.451. The molecule has 0 aliphatic carbocycles. The van der Waals surface area contributed by atoms with Crippen LogP contribution in [-0.2, 0) is 11.3 Å². The van der Waals surface area contributed by atoms with E-state index in [4.69, 9.17) is 4.74 Å². The number of thiazole rings is 1. The molecular weight excluding hydrogens is 448 g/mol. The van der Waals surface area contributed by atoms with E-state index in [1.54, 1.807) is 41.1 Å². The number of rotatable bonds is 6. The van der Waals surface area contributed by atoms with Crippen molar-refractivity contribution in [3.05, 3.63) is 71.0 Å². The third-order valence-corrected chi connectivity index (χ3v) is 6.25. The van der Waals surface area contributed by atoms with E-state index in [9.17, 15) is 13.6 Å². The molecule has 1 aliphatic rings. The largest absolute Gasteiger partial charge is 0.379 e. The minimum absolute atomic E-state index is 0.0426. The lowest BCUT2D eigenvalue weighted by molar-refractivity contribution is 0.0337. The van der Waals surface area contributed by atoms with Crippen molar-refractivity contribution in [3.63, 3.8) is 0 Å². The first kappa shape index (κ1) is 21.6. The molecule has 1 aliphatic heterocycles. The molecule has 1 aromatic carbocycles. The number of fused-ring (bicyclic) bond motifs is 1. The van der Waals surface area contributed by atoms with Crippen molar-refractivity contribution in [1.29, 1.82) is 0 Å². The number of amides is 1. The van der Waals surface area contributed by atoms with E-state index in [1.165, 1.54) is 23.5 Å². The van der Waals surface area contributed by atoms with Gasteiger partial charge in [-0.1, -0.05) is 24.3 Å². The van der Waals surface area contributed by atoms with E-state index in [0.29, 0.717) is 27.6 Å². The van der Waals surface area contributed by atoms with Gasteiger partial charge in [-0.05, 0) is 12.1 Å². The Labute approximate surface area is 192 Å². The summed E-state index contributed by atoms with van der Waals surface area (Å²) in [4.78, 5) is 24.4. The van der Waals surface area contributed by atoms with Gasteiger partial charge in [-0.3, -0.25) is 15.0 Å². The number of carbonyl (C=O) groups is 1. The fourth-order valence-corrected chi connectivity index (χ4v) is 4.42. The average Bonchev–Trinajstić information content (AvgIpc) is 3.46. The normalized spacial score (nSPS) is 14.8. The topological polar surface area (TPSA) is 71.8 Å². The second kappa shape index (κ2) is 9.34. The minimum Gasteiger partial charge on any atom is -0.379 e. The zero-order valence-electron chi connectivity index (χ0n) is 17.6. The Kier molecular flexibility index (Phi) is 6.12. The van der Waals surface area contributed by atoms with Crippen molar-refractivity contribution in [2.45, 2.75) is 13.0 Å². The molecule has 4 aromatic rings. The van der Waals surface area contributed by atoms with E-state index >= 15 is 0 Å². The fourth-order valence-electron chi connectivity index (χ4n) is 3.72. The summed E-state index contributed by atoms with van der Waals surface area (Å²) in [5.41, 5.74) is 3.04. The highest BCUT2D eigenvalue weighted by Gasteiger charge is 2.17. The SMILES string of the molecule is O=C(Nc1nc(CN2CCOCC2)cs1)c1cccn2cc(-c3ccc(C(F)F)cc3)nc12. The number of hydrogen-bond donors (Lipinski definition) is 1. The van der Waals surface area contributed by atoms with E-state index in [2.05, 4.69) is 20.2 Å². The number of alkyl halides is 2. The summed E-state index contributed by atoms with van der Waals surface area (Å²) in [6.07, 6.45) is 1.04. The van der Waals surface area contributed by atoms with Crippen molar-refractivity contribution in [2.24, 2.45) is 0 Å². The molecule has 1 amide bonds. The summed E-state index contributed by atoms with van der Waals surface area (Å²) >= 11 is 1.38.